The number of nitrogens with zero attached hydrogens (tertiary/aromatic N) is 2. The highest BCUT2D eigenvalue weighted by molar-refractivity contribution is 8.13. The van der Waals surface area contributed by atoms with Crippen molar-refractivity contribution >= 4 is 31.0 Å². The molecule has 32 heavy (non-hydrogen) atoms. The Morgan fingerprint density at radius 2 is 2.12 bits per heavy atom. The predicted molar refractivity (Wildman–Crippen MR) is 112 cm³/mol. The predicted octanol–water partition coefficient (Wildman–Crippen LogP) is 1.52. The second-order valence-electron chi connectivity index (χ2n) is 8.09. The van der Waals surface area contributed by atoms with Gasteiger partial charge < -0.3 is 20.7 Å². The van der Waals surface area contributed by atoms with E-state index in [1.165, 1.54) is 6.92 Å². The van der Waals surface area contributed by atoms with Crippen LogP contribution in [0.25, 0.3) is 0 Å². The number of amides is 1. The number of rotatable bonds is 11. The third-order valence-electron chi connectivity index (χ3n) is 5.21. The zero-order valence-corrected chi connectivity index (χ0v) is 19.9. The maximum absolute atomic E-state index is 13.8. The highest BCUT2D eigenvalue weighted by atomic mass is 32.2. The van der Waals surface area contributed by atoms with Crippen LogP contribution in [0.1, 0.15) is 50.8 Å². The van der Waals surface area contributed by atoms with E-state index in [1.807, 2.05) is 20.8 Å². The molecule has 1 amide bonds. The lowest BCUT2D eigenvalue weighted by Gasteiger charge is -2.26. The Kier molecular flexibility index (Phi) is 8.90. The molecule has 14 heteroatoms. The molecular formula is C18H28FN3O8PS+. The molecule has 5 atom stereocenters. The summed E-state index contributed by atoms with van der Waals surface area (Å²) in [6.45, 7) is 6.42. The van der Waals surface area contributed by atoms with Crippen molar-refractivity contribution in [3.8, 4) is 0 Å². The summed E-state index contributed by atoms with van der Waals surface area (Å²) in [6, 6.07) is 0. The van der Waals surface area contributed by atoms with Gasteiger partial charge in [-0.2, -0.15) is 5.10 Å². The molecule has 0 bridgehead atoms. The average molecular weight is 496 g/mol. The number of nitrogens with two attached hydrogens (primary N) is 1. The number of carbonyl (C=O) groups excluding carboxylic acids is 2. The molecule has 0 aromatic carbocycles. The number of thioether (sulfide) groups is 1. The van der Waals surface area contributed by atoms with E-state index >= 15 is 0 Å². The monoisotopic (exact) mass is 496 g/mol. The largest absolute Gasteiger partial charge is 0.697 e. The third-order valence-corrected chi connectivity index (χ3v) is 7.15. The third kappa shape index (κ3) is 6.10. The van der Waals surface area contributed by atoms with Gasteiger partial charge in [-0.15, -0.1) is 9.05 Å². The van der Waals surface area contributed by atoms with Gasteiger partial charge in [0.2, 0.25) is 0 Å². The van der Waals surface area contributed by atoms with E-state index in [0.29, 0.717) is 12.2 Å². The Morgan fingerprint density at radius 3 is 2.69 bits per heavy atom. The first-order valence-electron chi connectivity index (χ1n) is 9.82. The fourth-order valence-corrected chi connectivity index (χ4v) is 4.37. The maximum atomic E-state index is 13.8. The molecule has 1 fully saturated rings. The molecule has 0 spiro atoms. The van der Waals surface area contributed by atoms with Crippen LogP contribution in [-0.2, 0) is 23.1 Å². The lowest BCUT2D eigenvalue weighted by Crippen LogP contribution is -2.44. The van der Waals surface area contributed by atoms with Crippen molar-refractivity contribution in [3.63, 3.8) is 0 Å². The van der Waals surface area contributed by atoms with Gasteiger partial charge in [-0.3, -0.25) is 9.59 Å². The number of halogens is 1. The number of aromatic nitrogens is 2. The van der Waals surface area contributed by atoms with Gasteiger partial charge in [0.1, 0.15) is 31.0 Å². The Morgan fingerprint density at radius 1 is 1.47 bits per heavy atom. The van der Waals surface area contributed by atoms with Crippen LogP contribution in [0.2, 0.25) is 0 Å². The van der Waals surface area contributed by atoms with E-state index in [4.69, 9.17) is 19.5 Å². The van der Waals surface area contributed by atoms with Crippen molar-refractivity contribution in [2.24, 2.45) is 11.1 Å². The van der Waals surface area contributed by atoms with Crippen molar-refractivity contribution in [2.45, 2.75) is 58.2 Å². The number of primary amides is 1. The van der Waals surface area contributed by atoms with Crippen molar-refractivity contribution in [1.29, 1.82) is 0 Å². The summed E-state index contributed by atoms with van der Waals surface area (Å²) in [7, 11) is -2.58. The fraction of sp³-hybridized carbons (Fsp3) is 0.722. The molecule has 4 N–H and O–H groups in total. The highest BCUT2D eigenvalue weighted by Crippen LogP contribution is 2.39. The maximum Gasteiger partial charge on any atom is 0.697 e. The first-order valence-corrected chi connectivity index (χ1v) is 11.9. The Labute approximate surface area is 189 Å². The van der Waals surface area contributed by atoms with E-state index in [1.54, 1.807) is 0 Å². The molecule has 2 heterocycles. The van der Waals surface area contributed by atoms with Crippen LogP contribution >= 0.6 is 20.0 Å². The molecule has 1 saturated heterocycles. The topological polar surface area (TPSA) is 163 Å². The first-order chi connectivity index (χ1) is 14.8. The van der Waals surface area contributed by atoms with Gasteiger partial charge in [0.15, 0.2) is 22.9 Å². The van der Waals surface area contributed by atoms with Crippen LogP contribution in [0.4, 0.5) is 4.39 Å². The van der Waals surface area contributed by atoms with Crippen molar-refractivity contribution in [1.82, 2.24) is 9.78 Å². The minimum atomic E-state index is -2.58. The summed E-state index contributed by atoms with van der Waals surface area (Å²) in [5.41, 5.74) is 2.00. The lowest BCUT2D eigenvalue weighted by molar-refractivity contribution is -0.118. The Balaban J connectivity index is 1.86. The van der Waals surface area contributed by atoms with Gasteiger partial charge >= 0.3 is 8.25 Å². The van der Waals surface area contributed by atoms with Gasteiger partial charge in [-0.25, -0.2) is 9.07 Å². The molecular weight excluding hydrogens is 468 g/mol. The molecule has 2 unspecified atom stereocenters. The summed E-state index contributed by atoms with van der Waals surface area (Å²) in [6.07, 6.45) is -2.53. The van der Waals surface area contributed by atoms with E-state index in [2.05, 4.69) is 5.10 Å². The van der Waals surface area contributed by atoms with Crippen molar-refractivity contribution in [2.75, 3.05) is 19.0 Å². The minimum absolute atomic E-state index is 0.00226. The van der Waals surface area contributed by atoms with Gasteiger partial charge in [0, 0.05) is 15.7 Å². The Bertz CT molecular complexity index is 865. The van der Waals surface area contributed by atoms with Crippen molar-refractivity contribution < 1.29 is 42.5 Å². The fourth-order valence-electron chi connectivity index (χ4n) is 2.77. The SMILES string of the molecule is CCC(C)(C)C(=O)SCCO[P+](=O)OC[C@H]1O[C@@H](n2cc(F)c(C(N)=O)n2)[C@@](C)(O)C1O. The number of aliphatic hydroxyl groups is 2. The molecule has 1 aliphatic heterocycles. The van der Waals surface area contributed by atoms with Crippen molar-refractivity contribution in [3.05, 3.63) is 17.7 Å². The summed E-state index contributed by atoms with van der Waals surface area (Å²) >= 11 is 1.08. The highest BCUT2D eigenvalue weighted by Gasteiger charge is 2.54. The van der Waals surface area contributed by atoms with E-state index in [0.717, 1.165) is 22.6 Å². The molecule has 1 aliphatic rings. The van der Waals surface area contributed by atoms with Crippen LogP contribution in [0, 0.1) is 11.2 Å². The molecule has 180 valence electrons. The molecule has 2 rings (SSSR count). The van der Waals surface area contributed by atoms with Crippen LogP contribution in [0.5, 0.6) is 0 Å². The Hall–Kier alpha value is -1.47. The molecule has 0 radical (unpaired) electrons. The molecule has 0 aliphatic carbocycles. The first kappa shape index (κ1) is 26.8. The summed E-state index contributed by atoms with van der Waals surface area (Å²) in [4.78, 5) is 23.2. The summed E-state index contributed by atoms with van der Waals surface area (Å²) in [5.74, 6) is -1.83. The minimum Gasteiger partial charge on any atom is -0.387 e. The molecule has 1 aromatic rings. The van der Waals surface area contributed by atoms with Gasteiger partial charge in [0.05, 0.1) is 6.20 Å². The van der Waals surface area contributed by atoms with Gasteiger partial charge in [-0.1, -0.05) is 32.5 Å². The lowest BCUT2D eigenvalue weighted by atomic mass is 9.92. The molecule has 0 saturated carbocycles. The number of hydrogen-bond acceptors (Lipinski definition) is 10. The number of carbonyl (C=O) groups is 2. The number of hydrogen-bond donors (Lipinski definition) is 3. The zero-order valence-electron chi connectivity index (χ0n) is 18.2. The van der Waals surface area contributed by atoms with E-state index < -0.39 is 61.7 Å². The summed E-state index contributed by atoms with van der Waals surface area (Å²) < 4.78 is 42.2. The second kappa shape index (κ2) is 10.6. The van der Waals surface area contributed by atoms with E-state index in [9.17, 15) is 28.8 Å². The van der Waals surface area contributed by atoms with Gasteiger partial charge in [0.25, 0.3) is 5.91 Å². The van der Waals surface area contributed by atoms with Crippen LogP contribution < -0.4 is 5.73 Å². The quantitative estimate of drug-likeness (QED) is 0.302. The zero-order chi connectivity index (χ0) is 24.3. The smallest absolute Gasteiger partial charge is 0.387 e. The second-order valence-corrected chi connectivity index (χ2v) is 10.1. The summed E-state index contributed by atoms with van der Waals surface area (Å²) in [5, 5.41) is 24.6. The van der Waals surface area contributed by atoms with Crippen LogP contribution in [0.3, 0.4) is 0 Å². The number of ether oxygens (including phenoxy) is 1. The number of aliphatic hydroxyl groups excluding tert-OH is 1. The molecule has 11 nitrogen and oxygen atoms in total. The van der Waals surface area contributed by atoms with Crippen LogP contribution in [0.15, 0.2) is 6.20 Å². The van der Waals surface area contributed by atoms with Gasteiger partial charge in [-0.05, 0) is 13.3 Å². The normalized spacial score (nSPS) is 26.3. The molecule has 1 aromatic heterocycles. The van der Waals surface area contributed by atoms with Crippen LogP contribution in [-0.4, -0.2) is 67.8 Å². The average Bonchev–Trinajstić information content (AvgIpc) is 3.21. The standard InChI is InChI=1S/C18H27FN3O8PS/c1-5-17(2,3)16(25)32-7-6-28-31(27)29-9-11-13(23)18(4,26)15(30-11)22-8-10(19)12(21-22)14(20)24/h8,11,13,15,23,26H,5-7,9H2,1-4H3,(H-,20,24)/p+1/t11-,13?,15-,18+/m1/s1. The van der Waals surface area contributed by atoms with E-state index in [-0.39, 0.29) is 11.7 Å².